The molecule has 9 heteroatoms. The van der Waals surface area contributed by atoms with E-state index in [1.165, 1.54) is 6.07 Å². The van der Waals surface area contributed by atoms with Gasteiger partial charge in [-0.25, -0.2) is 0 Å². The zero-order valence-corrected chi connectivity index (χ0v) is 8.97. The predicted octanol–water partition coefficient (Wildman–Crippen LogP) is 2.84. The van der Waals surface area contributed by atoms with Crippen LogP contribution in [0.2, 0.25) is 0 Å². The van der Waals surface area contributed by atoms with E-state index >= 15 is 0 Å². The minimum atomic E-state index is -5.10. The molecular formula is C10H6F6N2O. The largest absolute Gasteiger partial charge is 0.507 e. The van der Waals surface area contributed by atoms with Gasteiger partial charge >= 0.3 is 12.4 Å². The quantitative estimate of drug-likeness (QED) is 0.779. The molecule has 19 heavy (non-hydrogen) atoms. The van der Waals surface area contributed by atoms with Gasteiger partial charge in [-0.3, -0.25) is 0 Å². The van der Waals surface area contributed by atoms with Crippen LogP contribution in [0.1, 0.15) is 22.7 Å². The molecule has 1 rings (SSSR count). The molecule has 0 saturated carbocycles. The molecule has 0 aliphatic rings. The lowest BCUT2D eigenvalue weighted by molar-refractivity contribution is -0.151. The first-order valence-corrected chi connectivity index (χ1v) is 4.65. The molecule has 0 bridgehead atoms. The third-order valence-corrected chi connectivity index (χ3v) is 2.26. The number of rotatable bonds is 1. The van der Waals surface area contributed by atoms with Crippen LogP contribution in [0.4, 0.5) is 26.3 Å². The number of hydrogen-bond acceptors (Lipinski definition) is 3. The lowest BCUT2D eigenvalue weighted by Crippen LogP contribution is -2.29. The van der Waals surface area contributed by atoms with Crippen molar-refractivity contribution in [3.63, 3.8) is 0 Å². The third kappa shape index (κ3) is 3.08. The van der Waals surface area contributed by atoms with E-state index in [1.54, 1.807) is 0 Å². The molecule has 0 fully saturated rings. The van der Waals surface area contributed by atoms with Gasteiger partial charge in [-0.2, -0.15) is 31.6 Å². The summed E-state index contributed by atoms with van der Waals surface area (Å²) in [5.74, 6) is -1.63. The van der Waals surface area contributed by atoms with Gasteiger partial charge in [-0.1, -0.05) is 0 Å². The normalized spacial score (nSPS) is 14.0. The first kappa shape index (κ1) is 15.1. The summed E-state index contributed by atoms with van der Waals surface area (Å²) in [6, 6.07) is -0.811. The molecule has 0 radical (unpaired) electrons. The van der Waals surface area contributed by atoms with E-state index < -0.39 is 40.8 Å². The Balaban J connectivity index is 3.54. The second-order valence-corrected chi connectivity index (χ2v) is 3.59. The van der Waals surface area contributed by atoms with Crippen molar-refractivity contribution in [2.24, 2.45) is 5.73 Å². The standard InChI is InChI=1S/C10H6F6N2O/c11-9(12,13)6-2-4(3-17)1-5(7(6)19)8(18)10(14,15)16/h1-2,8,19H,18H2/t8-/m1/s1. The SMILES string of the molecule is N#Cc1cc([C@@H](N)C(F)(F)F)c(O)c(C(F)(F)F)c1. The van der Waals surface area contributed by atoms with Gasteiger partial charge in [0.25, 0.3) is 0 Å². The van der Waals surface area contributed by atoms with E-state index in [2.05, 4.69) is 0 Å². The number of halogens is 6. The Morgan fingerprint density at radius 3 is 2.05 bits per heavy atom. The van der Waals surface area contributed by atoms with Crippen LogP contribution in [-0.2, 0) is 6.18 Å². The maximum atomic E-state index is 12.5. The fraction of sp³-hybridized carbons (Fsp3) is 0.300. The fourth-order valence-electron chi connectivity index (χ4n) is 1.35. The zero-order valence-electron chi connectivity index (χ0n) is 8.97. The van der Waals surface area contributed by atoms with Crippen LogP contribution in [0.15, 0.2) is 12.1 Å². The highest BCUT2D eigenvalue weighted by molar-refractivity contribution is 5.50. The Bertz CT molecular complexity index is 529. The number of nitrogens with zero attached hydrogens (tertiary/aromatic N) is 1. The van der Waals surface area contributed by atoms with E-state index in [0.29, 0.717) is 6.07 Å². The van der Waals surface area contributed by atoms with Gasteiger partial charge in [-0.05, 0) is 12.1 Å². The lowest BCUT2D eigenvalue weighted by Gasteiger charge is -2.19. The third-order valence-electron chi connectivity index (χ3n) is 2.26. The van der Waals surface area contributed by atoms with Crippen molar-refractivity contribution >= 4 is 0 Å². The fourth-order valence-corrected chi connectivity index (χ4v) is 1.35. The number of hydrogen-bond donors (Lipinski definition) is 2. The van der Waals surface area contributed by atoms with Gasteiger partial charge in [0, 0.05) is 5.56 Å². The van der Waals surface area contributed by atoms with Crippen LogP contribution >= 0.6 is 0 Å². The smallest absolute Gasteiger partial charge is 0.420 e. The molecule has 0 amide bonds. The average Bonchev–Trinajstić information content (AvgIpc) is 2.25. The van der Waals surface area contributed by atoms with Crippen LogP contribution < -0.4 is 5.73 Å². The van der Waals surface area contributed by atoms with Crippen molar-refractivity contribution in [1.29, 1.82) is 5.26 Å². The van der Waals surface area contributed by atoms with Gasteiger partial charge in [0.1, 0.15) is 11.8 Å². The highest BCUT2D eigenvalue weighted by Crippen LogP contribution is 2.43. The summed E-state index contributed by atoms with van der Waals surface area (Å²) in [4.78, 5) is 0. The second-order valence-electron chi connectivity index (χ2n) is 3.59. The molecule has 0 spiro atoms. The Labute approximate surface area is 102 Å². The number of nitriles is 1. The van der Waals surface area contributed by atoms with E-state index in [4.69, 9.17) is 11.0 Å². The molecule has 3 nitrogen and oxygen atoms in total. The molecule has 0 aliphatic carbocycles. The van der Waals surface area contributed by atoms with Crippen LogP contribution in [0.25, 0.3) is 0 Å². The Morgan fingerprint density at radius 2 is 1.68 bits per heavy atom. The summed E-state index contributed by atoms with van der Waals surface area (Å²) in [6.45, 7) is 0. The monoisotopic (exact) mass is 284 g/mol. The van der Waals surface area contributed by atoms with E-state index in [-0.39, 0.29) is 6.07 Å². The average molecular weight is 284 g/mol. The number of phenols is 1. The number of alkyl halides is 6. The molecule has 0 aliphatic heterocycles. The highest BCUT2D eigenvalue weighted by Gasteiger charge is 2.42. The van der Waals surface area contributed by atoms with Gasteiger partial charge in [0.15, 0.2) is 0 Å². The summed E-state index contributed by atoms with van der Waals surface area (Å²) >= 11 is 0. The van der Waals surface area contributed by atoms with Gasteiger partial charge in [0.05, 0.1) is 17.2 Å². The number of aromatic hydroxyl groups is 1. The zero-order chi connectivity index (χ0) is 15.0. The molecule has 1 aromatic rings. The van der Waals surface area contributed by atoms with E-state index in [9.17, 15) is 31.4 Å². The minimum Gasteiger partial charge on any atom is -0.507 e. The predicted molar refractivity (Wildman–Crippen MR) is 50.8 cm³/mol. The van der Waals surface area contributed by atoms with Crippen molar-refractivity contribution in [2.75, 3.05) is 0 Å². The molecule has 0 unspecified atom stereocenters. The first-order chi connectivity index (χ1) is 8.48. The number of nitrogens with two attached hydrogens (primary N) is 1. The second kappa shape index (κ2) is 4.62. The van der Waals surface area contributed by atoms with Crippen molar-refractivity contribution in [3.05, 3.63) is 28.8 Å². The summed E-state index contributed by atoms with van der Waals surface area (Å²) in [5, 5.41) is 17.8. The lowest BCUT2D eigenvalue weighted by atomic mass is 9.98. The molecular weight excluding hydrogens is 278 g/mol. The van der Waals surface area contributed by atoms with Gasteiger partial charge in [0.2, 0.25) is 0 Å². The maximum Gasteiger partial charge on any atom is 0.420 e. The molecule has 3 N–H and O–H groups in total. The Morgan fingerprint density at radius 1 is 1.16 bits per heavy atom. The minimum absolute atomic E-state index is 0.252. The van der Waals surface area contributed by atoms with Crippen molar-refractivity contribution in [3.8, 4) is 11.8 Å². The number of benzene rings is 1. The Hall–Kier alpha value is -1.95. The van der Waals surface area contributed by atoms with Crippen LogP contribution in [0.3, 0.4) is 0 Å². The summed E-state index contributed by atoms with van der Waals surface area (Å²) < 4.78 is 74.7. The molecule has 0 aromatic heterocycles. The molecule has 1 atom stereocenters. The molecule has 1 aromatic carbocycles. The first-order valence-electron chi connectivity index (χ1n) is 4.65. The van der Waals surface area contributed by atoms with Crippen molar-refractivity contribution < 1.29 is 31.4 Å². The molecule has 0 saturated heterocycles. The van der Waals surface area contributed by atoms with Crippen LogP contribution in [0.5, 0.6) is 5.75 Å². The van der Waals surface area contributed by atoms with Gasteiger partial charge in [-0.15, -0.1) is 0 Å². The number of phenolic OH excluding ortho intramolecular Hbond substituents is 1. The molecule has 0 heterocycles. The molecule has 104 valence electrons. The van der Waals surface area contributed by atoms with Gasteiger partial charge < -0.3 is 10.8 Å². The van der Waals surface area contributed by atoms with Crippen LogP contribution in [-0.4, -0.2) is 11.3 Å². The highest BCUT2D eigenvalue weighted by atomic mass is 19.4. The summed E-state index contributed by atoms with van der Waals surface area (Å²) in [7, 11) is 0. The topological polar surface area (TPSA) is 70.0 Å². The summed E-state index contributed by atoms with van der Waals surface area (Å²) in [6.07, 6.45) is -10.1. The maximum absolute atomic E-state index is 12.5. The van der Waals surface area contributed by atoms with Crippen molar-refractivity contribution in [2.45, 2.75) is 18.4 Å². The van der Waals surface area contributed by atoms with E-state index in [0.717, 1.165) is 0 Å². The van der Waals surface area contributed by atoms with E-state index in [1.807, 2.05) is 0 Å². The van der Waals surface area contributed by atoms with Crippen LogP contribution in [0, 0.1) is 11.3 Å². The Kier molecular flexibility index (Phi) is 3.67. The summed E-state index contributed by atoms with van der Waals surface area (Å²) in [5.41, 5.74) is 1.14. The van der Waals surface area contributed by atoms with Crippen molar-refractivity contribution in [1.82, 2.24) is 0 Å².